The number of aromatic carboxylic acids is 1. The fraction of sp³-hybridized carbons (Fsp3) is 0.182. The average Bonchev–Trinajstić information content (AvgIpc) is 2.28. The summed E-state index contributed by atoms with van der Waals surface area (Å²) < 4.78 is 5.06. The number of hydrogen-bond acceptors (Lipinski definition) is 4. The van der Waals surface area contributed by atoms with E-state index in [9.17, 15) is 4.79 Å². The lowest BCUT2D eigenvalue weighted by atomic mass is 10.1. The van der Waals surface area contributed by atoms with Crippen LogP contribution in [0.1, 0.15) is 16.2 Å². The van der Waals surface area contributed by atoms with E-state index in [4.69, 9.17) is 9.84 Å². The molecule has 2 rings (SSSR count). The van der Waals surface area contributed by atoms with E-state index in [1.807, 2.05) is 19.1 Å². The molecular formula is C11H10N2O3. The second-order valence-electron chi connectivity index (χ2n) is 3.33. The Morgan fingerprint density at radius 1 is 1.38 bits per heavy atom. The number of methoxy groups -OCH3 is 1. The van der Waals surface area contributed by atoms with E-state index >= 15 is 0 Å². The highest BCUT2D eigenvalue weighted by molar-refractivity contribution is 5.91. The molecule has 1 heterocycles. The van der Waals surface area contributed by atoms with Gasteiger partial charge in [-0.3, -0.25) is 0 Å². The molecule has 0 fully saturated rings. The average molecular weight is 218 g/mol. The molecule has 0 saturated heterocycles. The zero-order chi connectivity index (χ0) is 11.7. The van der Waals surface area contributed by atoms with Crippen molar-refractivity contribution in [3.05, 3.63) is 29.6 Å². The Kier molecular flexibility index (Phi) is 2.44. The number of aromatic nitrogens is 2. The maximum Gasteiger partial charge on any atom is 0.374 e. The van der Waals surface area contributed by atoms with Gasteiger partial charge < -0.3 is 9.84 Å². The Bertz CT molecular complexity index is 566. The van der Waals surface area contributed by atoms with Crippen LogP contribution >= 0.6 is 0 Å². The lowest BCUT2D eigenvalue weighted by Crippen LogP contribution is -2.06. The van der Waals surface area contributed by atoms with Gasteiger partial charge in [-0.25, -0.2) is 9.78 Å². The number of hydrogen-bond donors (Lipinski definition) is 1. The summed E-state index contributed by atoms with van der Waals surface area (Å²) >= 11 is 0. The number of ether oxygens (including phenoxy) is 1. The van der Waals surface area contributed by atoms with E-state index in [1.54, 1.807) is 6.07 Å². The third-order valence-electron chi connectivity index (χ3n) is 2.28. The molecule has 0 spiro atoms. The van der Waals surface area contributed by atoms with Gasteiger partial charge in [-0.15, -0.1) is 0 Å². The Labute approximate surface area is 91.7 Å². The number of carboxylic acid groups (broad SMARTS) is 1. The van der Waals surface area contributed by atoms with E-state index in [2.05, 4.69) is 9.97 Å². The van der Waals surface area contributed by atoms with E-state index < -0.39 is 5.97 Å². The molecule has 0 saturated carbocycles. The van der Waals surface area contributed by atoms with E-state index in [-0.39, 0.29) is 11.7 Å². The molecule has 82 valence electrons. The van der Waals surface area contributed by atoms with Gasteiger partial charge in [0.1, 0.15) is 0 Å². The number of para-hydroxylation sites is 1. The quantitative estimate of drug-likeness (QED) is 0.829. The number of aryl methyl sites for hydroxylation is 1. The van der Waals surface area contributed by atoms with Gasteiger partial charge >= 0.3 is 5.97 Å². The summed E-state index contributed by atoms with van der Waals surface area (Å²) in [5.41, 5.74) is 1.49. The van der Waals surface area contributed by atoms with Crippen LogP contribution in [0.2, 0.25) is 0 Å². The van der Waals surface area contributed by atoms with Gasteiger partial charge in [0.25, 0.3) is 0 Å². The zero-order valence-electron chi connectivity index (χ0n) is 8.89. The van der Waals surface area contributed by atoms with Crippen molar-refractivity contribution in [1.29, 1.82) is 0 Å². The molecule has 1 N–H and O–H groups in total. The van der Waals surface area contributed by atoms with Crippen LogP contribution in [-0.4, -0.2) is 28.2 Å². The van der Waals surface area contributed by atoms with E-state index in [0.717, 1.165) is 5.56 Å². The minimum atomic E-state index is -1.16. The van der Waals surface area contributed by atoms with Gasteiger partial charge in [0.2, 0.25) is 11.7 Å². The van der Waals surface area contributed by atoms with Gasteiger partial charge in [0.15, 0.2) is 0 Å². The van der Waals surface area contributed by atoms with Crippen LogP contribution in [0.3, 0.4) is 0 Å². The first kappa shape index (κ1) is 10.4. The Balaban J connectivity index is 2.84. The van der Waals surface area contributed by atoms with Crippen LogP contribution in [0.5, 0.6) is 5.88 Å². The van der Waals surface area contributed by atoms with Gasteiger partial charge in [0.05, 0.1) is 18.0 Å². The van der Waals surface area contributed by atoms with Crippen LogP contribution in [0.4, 0.5) is 0 Å². The summed E-state index contributed by atoms with van der Waals surface area (Å²) in [6.45, 7) is 1.86. The third kappa shape index (κ3) is 1.56. The normalized spacial score (nSPS) is 10.4. The van der Waals surface area contributed by atoms with Crippen LogP contribution in [0.25, 0.3) is 10.9 Å². The summed E-state index contributed by atoms with van der Waals surface area (Å²) in [6, 6.07) is 5.51. The van der Waals surface area contributed by atoms with Crippen LogP contribution in [0, 0.1) is 6.92 Å². The molecule has 0 amide bonds. The molecule has 0 bridgehead atoms. The standard InChI is InChI=1S/C11H10N2O3/c1-6-4-3-5-7-8(6)12-9(11(14)15)13-10(7)16-2/h3-5H,1-2H3,(H,14,15). The topological polar surface area (TPSA) is 72.3 Å². The molecule has 5 nitrogen and oxygen atoms in total. The van der Waals surface area contributed by atoms with Gasteiger partial charge in [-0.1, -0.05) is 12.1 Å². The molecule has 0 aliphatic heterocycles. The largest absolute Gasteiger partial charge is 0.480 e. The minimum absolute atomic E-state index is 0.251. The Hall–Kier alpha value is -2.17. The summed E-state index contributed by atoms with van der Waals surface area (Å²) in [5, 5.41) is 9.59. The van der Waals surface area contributed by atoms with Crippen LogP contribution in [-0.2, 0) is 0 Å². The molecule has 0 atom stereocenters. The second kappa shape index (κ2) is 3.77. The van der Waals surface area contributed by atoms with Gasteiger partial charge in [0, 0.05) is 0 Å². The summed E-state index contributed by atoms with van der Waals surface area (Å²) in [6.07, 6.45) is 0. The third-order valence-corrected chi connectivity index (χ3v) is 2.28. The van der Waals surface area contributed by atoms with Crippen molar-refractivity contribution in [2.45, 2.75) is 6.92 Å². The first-order chi connectivity index (χ1) is 7.63. The maximum atomic E-state index is 10.8. The van der Waals surface area contributed by atoms with Crippen molar-refractivity contribution in [1.82, 2.24) is 9.97 Å². The Morgan fingerprint density at radius 3 is 2.75 bits per heavy atom. The highest BCUT2D eigenvalue weighted by Crippen LogP contribution is 2.24. The number of rotatable bonds is 2. The molecule has 2 aromatic rings. The highest BCUT2D eigenvalue weighted by Gasteiger charge is 2.13. The van der Waals surface area contributed by atoms with Crippen molar-refractivity contribution < 1.29 is 14.6 Å². The molecule has 5 heteroatoms. The van der Waals surface area contributed by atoms with Crippen molar-refractivity contribution in [2.24, 2.45) is 0 Å². The lowest BCUT2D eigenvalue weighted by Gasteiger charge is -2.06. The van der Waals surface area contributed by atoms with E-state index in [1.165, 1.54) is 7.11 Å². The SMILES string of the molecule is COc1nc(C(=O)O)nc2c(C)cccc12. The number of benzene rings is 1. The maximum absolute atomic E-state index is 10.8. The second-order valence-corrected chi connectivity index (χ2v) is 3.33. The molecule has 1 aromatic carbocycles. The van der Waals surface area contributed by atoms with Crippen LogP contribution < -0.4 is 4.74 Å². The fourth-order valence-corrected chi connectivity index (χ4v) is 1.52. The lowest BCUT2D eigenvalue weighted by molar-refractivity contribution is 0.0683. The fourth-order valence-electron chi connectivity index (χ4n) is 1.52. The van der Waals surface area contributed by atoms with Crippen molar-refractivity contribution >= 4 is 16.9 Å². The number of carbonyl (C=O) groups is 1. The predicted molar refractivity (Wildman–Crippen MR) is 57.8 cm³/mol. The molecule has 0 radical (unpaired) electrons. The summed E-state index contributed by atoms with van der Waals surface area (Å²) in [7, 11) is 1.45. The first-order valence-corrected chi connectivity index (χ1v) is 4.68. The van der Waals surface area contributed by atoms with Gasteiger partial charge in [-0.05, 0) is 18.6 Å². The smallest absolute Gasteiger partial charge is 0.374 e. The predicted octanol–water partition coefficient (Wildman–Crippen LogP) is 1.65. The number of fused-ring (bicyclic) bond motifs is 1. The molecule has 16 heavy (non-hydrogen) atoms. The minimum Gasteiger partial charge on any atom is -0.480 e. The summed E-state index contributed by atoms with van der Waals surface area (Å²) in [5.74, 6) is -1.13. The molecule has 0 unspecified atom stereocenters. The van der Waals surface area contributed by atoms with Crippen molar-refractivity contribution in [2.75, 3.05) is 7.11 Å². The molecule has 0 aliphatic rings. The number of nitrogens with zero attached hydrogens (tertiary/aromatic N) is 2. The molecule has 1 aromatic heterocycles. The monoisotopic (exact) mass is 218 g/mol. The molecule has 0 aliphatic carbocycles. The van der Waals surface area contributed by atoms with Crippen LogP contribution in [0.15, 0.2) is 18.2 Å². The first-order valence-electron chi connectivity index (χ1n) is 4.68. The molecular weight excluding hydrogens is 208 g/mol. The Morgan fingerprint density at radius 2 is 2.12 bits per heavy atom. The van der Waals surface area contributed by atoms with E-state index in [0.29, 0.717) is 10.9 Å². The van der Waals surface area contributed by atoms with Crippen molar-refractivity contribution in [3.63, 3.8) is 0 Å². The zero-order valence-corrected chi connectivity index (χ0v) is 8.89. The highest BCUT2D eigenvalue weighted by atomic mass is 16.5. The van der Waals surface area contributed by atoms with Gasteiger partial charge in [-0.2, -0.15) is 4.98 Å². The van der Waals surface area contributed by atoms with Crippen molar-refractivity contribution in [3.8, 4) is 5.88 Å². The summed E-state index contributed by atoms with van der Waals surface area (Å²) in [4.78, 5) is 18.7. The number of carboxylic acids is 1.